The molecule has 0 spiro atoms. The second kappa shape index (κ2) is 7.84. The van der Waals surface area contributed by atoms with Gasteiger partial charge < -0.3 is 5.32 Å². The average Bonchev–Trinajstić information content (AvgIpc) is 3.05. The summed E-state index contributed by atoms with van der Waals surface area (Å²) in [6.45, 7) is 5.36. The lowest BCUT2D eigenvalue weighted by Gasteiger charge is -2.26. The fourth-order valence-corrected chi connectivity index (χ4v) is 4.69. The van der Waals surface area contributed by atoms with Gasteiger partial charge in [-0.05, 0) is 45.6 Å². The van der Waals surface area contributed by atoms with Crippen molar-refractivity contribution >= 4 is 15.7 Å². The van der Waals surface area contributed by atoms with Gasteiger partial charge in [0.05, 0.1) is 24.0 Å². The van der Waals surface area contributed by atoms with E-state index in [0.29, 0.717) is 6.54 Å². The molecule has 1 aliphatic rings. The lowest BCUT2D eigenvalue weighted by atomic mass is 9.92. The second-order valence-corrected chi connectivity index (χ2v) is 10.3. The average molecular weight is 390 g/mol. The summed E-state index contributed by atoms with van der Waals surface area (Å²) in [5, 5.41) is 5.83. The van der Waals surface area contributed by atoms with Crippen LogP contribution in [0.1, 0.15) is 56.5 Å². The predicted octanol–water partition coefficient (Wildman–Crippen LogP) is 2.64. The molecule has 1 amide bonds. The molecule has 1 N–H and O–H groups in total. The Balaban J connectivity index is 1.76. The number of nitrogens with one attached hydrogen (secondary N) is 1. The molecule has 0 radical (unpaired) electrons. The monoisotopic (exact) mass is 389 g/mol. The van der Waals surface area contributed by atoms with Crippen LogP contribution in [0.25, 0.3) is 0 Å². The number of benzene rings is 1. The maximum atomic E-state index is 12.6. The van der Waals surface area contributed by atoms with Crippen LogP contribution in [0.4, 0.5) is 0 Å². The highest BCUT2D eigenvalue weighted by molar-refractivity contribution is 7.93. The zero-order chi connectivity index (χ0) is 19.6. The third kappa shape index (κ3) is 4.08. The van der Waals surface area contributed by atoms with E-state index in [9.17, 15) is 13.2 Å². The van der Waals surface area contributed by atoms with E-state index in [4.69, 9.17) is 0 Å². The molecular weight excluding hydrogens is 362 g/mol. The standard InChI is InChI=1S/C20H27N3O3S/c1-14(2)27(25,26)15(3)20(24)22-18-10-7-11-19-17(18)12-21-23(19)13-16-8-5-4-6-9-16/h4-6,8-9,12,14-15,18H,7,10-11,13H2,1-3H3,(H,22,24). The number of aromatic nitrogens is 2. The van der Waals surface area contributed by atoms with Crippen molar-refractivity contribution in [2.75, 3.05) is 0 Å². The maximum absolute atomic E-state index is 12.6. The molecule has 0 saturated heterocycles. The summed E-state index contributed by atoms with van der Waals surface area (Å²) in [4.78, 5) is 12.6. The van der Waals surface area contributed by atoms with Gasteiger partial charge in [-0.2, -0.15) is 5.10 Å². The summed E-state index contributed by atoms with van der Waals surface area (Å²) in [5.41, 5.74) is 3.29. The summed E-state index contributed by atoms with van der Waals surface area (Å²) in [5.74, 6) is -0.433. The third-order valence-electron chi connectivity index (χ3n) is 5.27. The minimum absolute atomic E-state index is 0.185. The van der Waals surface area contributed by atoms with Crippen molar-refractivity contribution in [2.45, 2.75) is 63.1 Å². The highest BCUT2D eigenvalue weighted by atomic mass is 32.2. The van der Waals surface area contributed by atoms with Crippen LogP contribution < -0.4 is 5.32 Å². The summed E-state index contributed by atoms with van der Waals surface area (Å²) in [6.07, 6.45) is 4.45. The molecule has 6 nitrogen and oxygen atoms in total. The molecule has 3 rings (SSSR count). The fraction of sp³-hybridized carbons (Fsp3) is 0.500. The van der Waals surface area contributed by atoms with Gasteiger partial charge in [-0.25, -0.2) is 8.42 Å². The summed E-state index contributed by atoms with van der Waals surface area (Å²) < 4.78 is 26.6. The van der Waals surface area contributed by atoms with Crippen LogP contribution >= 0.6 is 0 Å². The fourth-order valence-electron chi connectivity index (χ4n) is 3.51. The molecule has 7 heteroatoms. The smallest absolute Gasteiger partial charge is 0.238 e. The molecule has 0 bridgehead atoms. The molecule has 2 unspecified atom stereocenters. The molecule has 0 aliphatic heterocycles. The quantitative estimate of drug-likeness (QED) is 0.823. The molecule has 1 aromatic heterocycles. The Hall–Kier alpha value is -2.15. The van der Waals surface area contributed by atoms with Crippen molar-refractivity contribution in [2.24, 2.45) is 0 Å². The second-order valence-electron chi connectivity index (χ2n) is 7.42. The molecule has 1 aliphatic carbocycles. The SMILES string of the molecule is CC(C)S(=O)(=O)C(C)C(=O)NC1CCCc2c1cnn2Cc1ccccc1. The van der Waals surface area contributed by atoms with Gasteiger partial charge in [-0.3, -0.25) is 9.48 Å². The van der Waals surface area contributed by atoms with Gasteiger partial charge in [-0.15, -0.1) is 0 Å². The van der Waals surface area contributed by atoms with Crippen molar-refractivity contribution < 1.29 is 13.2 Å². The molecule has 2 aromatic rings. The third-order valence-corrected chi connectivity index (χ3v) is 7.79. The van der Waals surface area contributed by atoms with Gasteiger partial charge in [-0.1, -0.05) is 30.3 Å². The van der Waals surface area contributed by atoms with Crippen molar-refractivity contribution in [1.82, 2.24) is 15.1 Å². The topological polar surface area (TPSA) is 81.1 Å². The van der Waals surface area contributed by atoms with Gasteiger partial charge >= 0.3 is 0 Å². The van der Waals surface area contributed by atoms with Crippen molar-refractivity contribution in [1.29, 1.82) is 0 Å². The van der Waals surface area contributed by atoms with Gasteiger partial charge in [0.1, 0.15) is 5.25 Å². The number of rotatable bonds is 6. The first-order valence-corrected chi connectivity index (χ1v) is 11.0. The van der Waals surface area contributed by atoms with Gasteiger partial charge in [0.25, 0.3) is 0 Å². The zero-order valence-corrected chi connectivity index (χ0v) is 16.9. The van der Waals surface area contributed by atoms with Crippen LogP contribution in [-0.2, 0) is 27.6 Å². The first-order chi connectivity index (χ1) is 12.8. The summed E-state index contributed by atoms with van der Waals surface area (Å²) in [6, 6.07) is 9.94. The molecular formula is C20H27N3O3S. The van der Waals surface area contributed by atoms with E-state index < -0.39 is 26.2 Å². The lowest BCUT2D eigenvalue weighted by Crippen LogP contribution is -2.42. The highest BCUT2D eigenvalue weighted by Gasteiger charge is 2.33. The first-order valence-electron chi connectivity index (χ1n) is 9.42. The first kappa shape index (κ1) is 19.6. The van der Waals surface area contributed by atoms with Crippen LogP contribution in [0.15, 0.2) is 36.5 Å². The van der Waals surface area contributed by atoms with E-state index in [-0.39, 0.29) is 6.04 Å². The van der Waals surface area contributed by atoms with E-state index in [0.717, 1.165) is 30.5 Å². The Labute approximate surface area is 160 Å². The number of sulfone groups is 1. The van der Waals surface area contributed by atoms with Crippen LogP contribution in [-0.4, -0.2) is 34.6 Å². The summed E-state index contributed by atoms with van der Waals surface area (Å²) >= 11 is 0. The van der Waals surface area contributed by atoms with Crippen molar-refractivity contribution in [3.8, 4) is 0 Å². The molecule has 1 aromatic carbocycles. The van der Waals surface area contributed by atoms with Crippen LogP contribution in [0.5, 0.6) is 0 Å². The van der Waals surface area contributed by atoms with Gasteiger partial charge in [0.2, 0.25) is 5.91 Å². The Kier molecular flexibility index (Phi) is 5.69. The predicted molar refractivity (Wildman–Crippen MR) is 105 cm³/mol. The van der Waals surface area contributed by atoms with E-state index in [1.54, 1.807) is 13.8 Å². The maximum Gasteiger partial charge on any atom is 0.238 e. The molecule has 1 heterocycles. The number of hydrogen-bond donors (Lipinski definition) is 1. The Bertz CT molecular complexity index is 904. The van der Waals surface area contributed by atoms with Crippen LogP contribution in [0.3, 0.4) is 0 Å². The van der Waals surface area contributed by atoms with Gasteiger partial charge in [0.15, 0.2) is 9.84 Å². The number of hydrogen-bond acceptors (Lipinski definition) is 4. The lowest BCUT2D eigenvalue weighted by molar-refractivity contribution is -0.121. The minimum Gasteiger partial charge on any atom is -0.348 e. The van der Waals surface area contributed by atoms with E-state index >= 15 is 0 Å². The molecule has 27 heavy (non-hydrogen) atoms. The largest absolute Gasteiger partial charge is 0.348 e. The van der Waals surface area contributed by atoms with Crippen LogP contribution in [0, 0.1) is 0 Å². The van der Waals surface area contributed by atoms with Crippen molar-refractivity contribution in [3.05, 3.63) is 53.3 Å². The van der Waals surface area contributed by atoms with Crippen molar-refractivity contribution in [3.63, 3.8) is 0 Å². The van der Waals surface area contributed by atoms with E-state index in [2.05, 4.69) is 22.5 Å². The highest BCUT2D eigenvalue weighted by Crippen LogP contribution is 2.30. The van der Waals surface area contributed by atoms with Crippen LogP contribution in [0.2, 0.25) is 0 Å². The van der Waals surface area contributed by atoms with E-state index in [1.807, 2.05) is 29.1 Å². The molecule has 2 atom stereocenters. The number of amides is 1. The Morgan fingerprint density at radius 2 is 1.96 bits per heavy atom. The Morgan fingerprint density at radius 1 is 1.26 bits per heavy atom. The Morgan fingerprint density at radius 3 is 2.63 bits per heavy atom. The molecule has 146 valence electrons. The normalized spacial score (nSPS) is 18.1. The minimum atomic E-state index is -3.47. The number of carbonyl (C=O) groups is 1. The van der Waals surface area contributed by atoms with E-state index in [1.165, 1.54) is 12.5 Å². The number of carbonyl (C=O) groups excluding carboxylic acids is 1. The number of fused-ring (bicyclic) bond motifs is 1. The summed E-state index contributed by atoms with van der Waals surface area (Å²) in [7, 11) is -3.47. The molecule has 0 fully saturated rings. The van der Waals surface area contributed by atoms with Gasteiger partial charge in [0, 0.05) is 11.3 Å². The molecule has 0 saturated carbocycles. The number of nitrogens with zero attached hydrogens (tertiary/aromatic N) is 2. The zero-order valence-electron chi connectivity index (χ0n) is 16.1.